The zero-order chi connectivity index (χ0) is 21.5. The van der Waals surface area contributed by atoms with Gasteiger partial charge in [0.2, 0.25) is 5.78 Å². The summed E-state index contributed by atoms with van der Waals surface area (Å²) in [5.41, 5.74) is -1.82. The Hall–Kier alpha value is -3.81. The van der Waals surface area contributed by atoms with Gasteiger partial charge in [0.25, 0.3) is 0 Å². The number of carboxylic acid groups (broad SMARTS) is 1. The zero-order valence-electron chi connectivity index (χ0n) is 15.3. The molecule has 0 aliphatic heterocycles. The van der Waals surface area contributed by atoms with E-state index in [1.807, 2.05) is 0 Å². The van der Waals surface area contributed by atoms with E-state index in [2.05, 4.69) is 0 Å². The van der Waals surface area contributed by atoms with Crippen LogP contribution in [0.4, 0.5) is 0 Å². The molecule has 0 spiro atoms. The minimum Gasteiger partial charge on any atom is -0.507 e. The summed E-state index contributed by atoms with van der Waals surface area (Å²) in [6.45, 7) is 1.54. The molecule has 0 saturated heterocycles. The van der Waals surface area contributed by atoms with Crippen LogP contribution in [0.25, 0.3) is 0 Å². The highest BCUT2D eigenvalue weighted by Crippen LogP contribution is 2.40. The number of aliphatic carboxylic acids is 1. The lowest BCUT2D eigenvalue weighted by Crippen LogP contribution is -2.24. The molecular formula is C21H16O8. The number of hydrogen-bond acceptors (Lipinski definition) is 7. The number of phenolic OH excluding ortho intramolecular Hbond substituents is 2. The van der Waals surface area contributed by atoms with Gasteiger partial charge in [0.05, 0.1) is 29.5 Å². The lowest BCUT2D eigenvalue weighted by molar-refractivity contribution is -0.136. The number of fused-ring (bicyclic) bond motifs is 2. The van der Waals surface area contributed by atoms with Gasteiger partial charge < -0.3 is 15.3 Å². The van der Waals surface area contributed by atoms with Gasteiger partial charge in [-0.25, -0.2) is 0 Å². The molecule has 0 fully saturated rings. The first kappa shape index (κ1) is 19.9. The molecule has 0 saturated carbocycles. The number of benzene rings is 2. The molecule has 0 radical (unpaired) electrons. The quantitative estimate of drug-likeness (QED) is 0.424. The molecule has 0 heterocycles. The van der Waals surface area contributed by atoms with E-state index in [9.17, 15) is 34.2 Å². The monoisotopic (exact) mass is 396 g/mol. The maximum absolute atomic E-state index is 12.9. The van der Waals surface area contributed by atoms with E-state index in [4.69, 9.17) is 5.11 Å². The van der Waals surface area contributed by atoms with Crippen LogP contribution in [0.3, 0.4) is 0 Å². The van der Waals surface area contributed by atoms with Crippen molar-refractivity contribution in [2.24, 2.45) is 0 Å². The summed E-state index contributed by atoms with van der Waals surface area (Å²) in [6, 6.07) is 4.98. The number of Topliss-reactive ketones (excluding diaryl/α,β-unsaturated/α-hetero) is 2. The fourth-order valence-corrected chi connectivity index (χ4v) is 3.38. The van der Waals surface area contributed by atoms with Gasteiger partial charge in [-0.05, 0) is 17.7 Å². The Balaban J connectivity index is 2.29. The van der Waals surface area contributed by atoms with Crippen LogP contribution in [-0.4, -0.2) is 44.4 Å². The maximum atomic E-state index is 12.9. The Morgan fingerprint density at radius 2 is 1.66 bits per heavy atom. The summed E-state index contributed by atoms with van der Waals surface area (Å²) < 4.78 is 0. The van der Waals surface area contributed by atoms with E-state index in [1.54, 1.807) is 6.92 Å². The van der Waals surface area contributed by atoms with Gasteiger partial charge in [-0.15, -0.1) is 0 Å². The number of ketones is 4. The molecule has 148 valence electrons. The molecule has 2 aromatic rings. The van der Waals surface area contributed by atoms with Crippen LogP contribution in [0.5, 0.6) is 11.5 Å². The van der Waals surface area contributed by atoms with Gasteiger partial charge in [-0.2, -0.15) is 0 Å². The zero-order valence-corrected chi connectivity index (χ0v) is 15.3. The van der Waals surface area contributed by atoms with Gasteiger partial charge >= 0.3 is 5.97 Å². The second-order valence-corrected chi connectivity index (χ2v) is 6.60. The summed E-state index contributed by atoms with van der Waals surface area (Å²) in [5, 5.41) is 29.9. The molecule has 1 aliphatic rings. The van der Waals surface area contributed by atoms with Crippen molar-refractivity contribution in [1.29, 1.82) is 0 Å². The van der Waals surface area contributed by atoms with Crippen LogP contribution in [0.15, 0.2) is 24.3 Å². The molecule has 0 unspecified atom stereocenters. The van der Waals surface area contributed by atoms with Crippen molar-refractivity contribution in [2.75, 3.05) is 0 Å². The average molecular weight is 396 g/mol. The molecule has 0 bridgehead atoms. The van der Waals surface area contributed by atoms with Gasteiger partial charge in [-0.3, -0.25) is 24.0 Å². The van der Waals surface area contributed by atoms with Crippen molar-refractivity contribution < 1.29 is 39.3 Å². The fourth-order valence-electron chi connectivity index (χ4n) is 3.38. The predicted molar refractivity (Wildman–Crippen MR) is 98.7 cm³/mol. The third-order valence-corrected chi connectivity index (χ3v) is 4.74. The van der Waals surface area contributed by atoms with Crippen molar-refractivity contribution in [2.45, 2.75) is 26.2 Å². The Morgan fingerprint density at radius 1 is 0.966 bits per heavy atom. The molecule has 29 heavy (non-hydrogen) atoms. The van der Waals surface area contributed by atoms with E-state index in [0.29, 0.717) is 0 Å². The second-order valence-electron chi connectivity index (χ2n) is 6.60. The Bertz CT molecular complexity index is 1110. The first-order valence-electron chi connectivity index (χ1n) is 8.74. The number of carbonyl (C=O) groups excluding carboxylic acids is 4. The molecular weight excluding hydrogens is 380 g/mol. The van der Waals surface area contributed by atoms with E-state index >= 15 is 0 Å². The number of aromatic hydroxyl groups is 2. The van der Waals surface area contributed by atoms with E-state index in [1.165, 1.54) is 18.2 Å². The Labute approximate surface area is 164 Å². The number of hydrogen-bond donors (Lipinski definition) is 3. The van der Waals surface area contributed by atoms with Crippen LogP contribution in [0, 0.1) is 0 Å². The first-order valence-corrected chi connectivity index (χ1v) is 8.74. The van der Waals surface area contributed by atoms with E-state index in [0.717, 1.165) is 6.07 Å². The van der Waals surface area contributed by atoms with Crippen LogP contribution in [0.1, 0.15) is 67.5 Å². The van der Waals surface area contributed by atoms with Crippen molar-refractivity contribution in [3.05, 3.63) is 57.6 Å². The van der Waals surface area contributed by atoms with Crippen LogP contribution >= 0.6 is 0 Å². The molecule has 2 aromatic carbocycles. The first-order chi connectivity index (χ1) is 13.7. The summed E-state index contributed by atoms with van der Waals surface area (Å²) in [6.07, 6.45) is -1.22. The summed E-state index contributed by atoms with van der Waals surface area (Å²) in [5.74, 6) is -5.50. The third kappa shape index (κ3) is 3.29. The lowest BCUT2D eigenvalue weighted by atomic mass is 9.79. The van der Waals surface area contributed by atoms with E-state index < -0.39 is 64.6 Å². The van der Waals surface area contributed by atoms with E-state index in [-0.39, 0.29) is 28.7 Å². The highest BCUT2D eigenvalue weighted by molar-refractivity contribution is 6.31. The standard InChI is InChI=1S/C21H16O8/c1-2-10(22)8-14(24)16-9(7-15(25)26)6-12-18(20(16)28)21(29)17-11(19(12)27)4-3-5-13(17)23/h3-6,23,28H,2,7-8H2,1H3,(H,25,26). The molecule has 8 nitrogen and oxygen atoms in total. The molecule has 0 amide bonds. The lowest BCUT2D eigenvalue weighted by Gasteiger charge is -2.22. The molecule has 3 rings (SSSR count). The SMILES string of the molecule is CCC(=O)CC(=O)c1c(CC(=O)O)cc2c(c1O)C(=O)c1c(O)cccc1C2=O. The average Bonchev–Trinajstić information content (AvgIpc) is 2.64. The van der Waals surface area contributed by atoms with Crippen molar-refractivity contribution in [1.82, 2.24) is 0 Å². The normalized spacial score (nSPS) is 12.3. The summed E-state index contributed by atoms with van der Waals surface area (Å²) in [7, 11) is 0. The molecule has 1 aliphatic carbocycles. The summed E-state index contributed by atoms with van der Waals surface area (Å²) in [4.78, 5) is 61.3. The highest BCUT2D eigenvalue weighted by atomic mass is 16.4. The fraction of sp³-hybridized carbons (Fsp3) is 0.190. The topological polar surface area (TPSA) is 146 Å². The number of carbonyl (C=O) groups is 5. The predicted octanol–water partition coefficient (Wildman–Crippen LogP) is 2.05. The minimum atomic E-state index is -1.33. The van der Waals surface area contributed by atoms with Crippen molar-refractivity contribution in [3.8, 4) is 11.5 Å². The number of phenols is 2. The third-order valence-electron chi connectivity index (χ3n) is 4.74. The number of rotatable bonds is 6. The van der Waals surface area contributed by atoms with Gasteiger partial charge in [0.15, 0.2) is 11.6 Å². The highest BCUT2D eigenvalue weighted by Gasteiger charge is 2.37. The van der Waals surface area contributed by atoms with Crippen LogP contribution in [0.2, 0.25) is 0 Å². The van der Waals surface area contributed by atoms with Gasteiger partial charge in [0.1, 0.15) is 17.3 Å². The van der Waals surface area contributed by atoms with Crippen LogP contribution in [-0.2, 0) is 16.0 Å². The molecule has 0 atom stereocenters. The Morgan fingerprint density at radius 3 is 2.28 bits per heavy atom. The van der Waals surface area contributed by atoms with Crippen LogP contribution < -0.4 is 0 Å². The second kappa shape index (κ2) is 7.31. The summed E-state index contributed by atoms with van der Waals surface area (Å²) >= 11 is 0. The maximum Gasteiger partial charge on any atom is 0.307 e. The largest absolute Gasteiger partial charge is 0.507 e. The minimum absolute atomic E-state index is 0.0599. The Kier molecular flexibility index (Phi) is 5.02. The molecule has 8 heteroatoms. The van der Waals surface area contributed by atoms with Gasteiger partial charge in [-0.1, -0.05) is 19.1 Å². The number of carboxylic acids is 1. The smallest absolute Gasteiger partial charge is 0.307 e. The van der Waals surface area contributed by atoms with Crippen molar-refractivity contribution >= 4 is 29.1 Å². The van der Waals surface area contributed by atoms with Gasteiger partial charge in [0, 0.05) is 17.5 Å². The van der Waals surface area contributed by atoms with Crippen molar-refractivity contribution in [3.63, 3.8) is 0 Å². The molecule has 0 aromatic heterocycles. The molecule has 3 N–H and O–H groups in total.